The second-order valence-corrected chi connectivity index (χ2v) is 8.76. The van der Waals surface area contributed by atoms with Crippen LogP contribution in [-0.4, -0.2) is 45.7 Å². The highest BCUT2D eigenvalue weighted by Gasteiger charge is 2.28. The van der Waals surface area contributed by atoms with Crippen LogP contribution >= 0.6 is 0 Å². The van der Waals surface area contributed by atoms with Gasteiger partial charge in [-0.3, -0.25) is 0 Å². The number of benzene rings is 1. The summed E-state index contributed by atoms with van der Waals surface area (Å²) in [6, 6.07) is 9.32. The molecule has 2 saturated heterocycles. The highest BCUT2D eigenvalue weighted by atomic mass is 16.7. The molecule has 0 bridgehead atoms. The Bertz CT molecular complexity index is 556. The zero-order valence-corrected chi connectivity index (χ0v) is 18.7. The van der Waals surface area contributed by atoms with Crippen molar-refractivity contribution in [1.29, 1.82) is 0 Å². The smallest absolute Gasteiger partial charge is 0.160 e. The van der Waals surface area contributed by atoms with Gasteiger partial charge in [0.25, 0.3) is 0 Å². The molecule has 0 aliphatic carbocycles. The summed E-state index contributed by atoms with van der Waals surface area (Å²) in [5.41, 5.74) is 2.92. The molecular weight excluding hydrogens is 360 g/mol. The van der Waals surface area contributed by atoms with Crippen LogP contribution in [0.25, 0.3) is 0 Å². The fourth-order valence-electron chi connectivity index (χ4n) is 4.57. The molecule has 0 aromatic heterocycles. The Morgan fingerprint density at radius 1 is 0.966 bits per heavy atom. The molecule has 0 amide bonds. The number of ether oxygens (including phenoxy) is 2. The number of nitrogens with zero attached hydrogens (tertiary/aromatic N) is 1. The first-order valence-electron chi connectivity index (χ1n) is 12.1. The fraction of sp³-hybridized carbons (Fsp3) is 0.760. The number of hydrogen-bond donors (Lipinski definition) is 1. The Labute approximate surface area is 178 Å². The van der Waals surface area contributed by atoms with Gasteiger partial charge in [-0.05, 0) is 75.2 Å². The maximum atomic E-state index is 6.16. The minimum absolute atomic E-state index is 0.0173. The third-order valence-corrected chi connectivity index (χ3v) is 6.53. The average molecular weight is 403 g/mol. The van der Waals surface area contributed by atoms with E-state index >= 15 is 0 Å². The van der Waals surface area contributed by atoms with E-state index in [4.69, 9.17) is 9.47 Å². The van der Waals surface area contributed by atoms with Crippen molar-refractivity contribution in [3.63, 3.8) is 0 Å². The largest absolute Gasteiger partial charge is 0.372 e. The van der Waals surface area contributed by atoms with E-state index in [1.54, 1.807) is 0 Å². The Hall–Kier alpha value is -1.10. The lowest BCUT2D eigenvalue weighted by molar-refractivity contribution is -0.177. The number of nitrogens with one attached hydrogen (secondary N) is 1. The molecule has 1 aromatic carbocycles. The minimum Gasteiger partial charge on any atom is -0.372 e. The molecular formula is C25H42N2O2. The third-order valence-electron chi connectivity index (χ3n) is 6.53. The third kappa shape index (κ3) is 6.97. The molecule has 3 rings (SSSR count). The van der Waals surface area contributed by atoms with Crippen LogP contribution in [0, 0.1) is 5.92 Å². The first-order chi connectivity index (χ1) is 14.3. The molecule has 4 nitrogen and oxygen atoms in total. The fourth-order valence-corrected chi connectivity index (χ4v) is 4.57. The molecule has 0 atom stereocenters. The molecule has 2 fully saturated rings. The molecule has 29 heavy (non-hydrogen) atoms. The van der Waals surface area contributed by atoms with Crippen LogP contribution in [0.3, 0.4) is 0 Å². The molecule has 164 valence electrons. The molecule has 2 heterocycles. The Balaban J connectivity index is 1.53. The molecule has 2 aliphatic rings. The maximum absolute atomic E-state index is 6.16. The standard InChI is InChI=1S/C25H42N2O2/c1-3-5-18-28-25(29-19-6-4-2)22-12-16-27(17-13-22)24-9-7-8-23(20-24)21-10-14-26-15-11-21/h7-9,20-22,25-26H,3-6,10-19H2,1-2H3. The Morgan fingerprint density at radius 2 is 1.62 bits per heavy atom. The van der Waals surface area contributed by atoms with Crippen molar-refractivity contribution < 1.29 is 9.47 Å². The normalized spacial score (nSPS) is 19.2. The van der Waals surface area contributed by atoms with E-state index in [1.807, 2.05) is 0 Å². The van der Waals surface area contributed by atoms with Crippen molar-refractivity contribution in [3.05, 3.63) is 29.8 Å². The van der Waals surface area contributed by atoms with Gasteiger partial charge in [0, 0.05) is 37.9 Å². The maximum Gasteiger partial charge on any atom is 0.160 e. The SMILES string of the molecule is CCCCOC(OCCCC)C1CCN(c2cccc(C3CCNCC3)c2)CC1. The molecule has 4 heteroatoms. The number of anilines is 1. The molecule has 1 N–H and O–H groups in total. The first kappa shape index (κ1) is 22.6. The van der Waals surface area contributed by atoms with Crippen LogP contribution in [0.15, 0.2) is 24.3 Å². The molecule has 0 saturated carbocycles. The number of piperidine rings is 2. The number of unbranched alkanes of at least 4 members (excludes halogenated alkanes) is 2. The highest BCUT2D eigenvalue weighted by molar-refractivity contribution is 5.49. The summed E-state index contributed by atoms with van der Waals surface area (Å²) in [5.74, 6) is 1.24. The summed E-state index contributed by atoms with van der Waals surface area (Å²) in [4.78, 5) is 2.57. The van der Waals surface area contributed by atoms with Gasteiger partial charge in [-0.2, -0.15) is 0 Å². The summed E-state index contributed by atoms with van der Waals surface area (Å²) in [6.07, 6.45) is 9.40. The zero-order valence-electron chi connectivity index (χ0n) is 18.7. The predicted molar refractivity (Wildman–Crippen MR) is 122 cm³/mol. The van der Waals surface area contributed by atoms with Crippen LogP contribution in [0.4, 0.5) is 5.69 Å². The summed E-state index contributed by atoms with van der Waals surface area (Å²) in [6.45, 7) is 10.6. The predicted octanol–water partition coefficient (Wildman–Crippen LogP) is 5.33. The van der Waals surface area contributed by atoms with E-state index in [2.05, 4.69) is 48.3 Å². The van der Waals surface area contributed by atoms with Gasteiger partial charge < -0.3 is 19.7 Å². The van der Waals surface area contributed by atoms with Gasteiger partial charge in [-0.1, -0.05) is 38.8 Å². The van der Waals surface area contributed by atoms with Crippen molar-refractivity contribution in [2.75, 3.05) is 44.3 Å². The quantitative estimate of drug-likeness (QED) is 0.401. The van der Waals surface area contributed by atoms with Gasteiger partial charge in [-0.15, -0.1) is 0 Å². The van der Waals surface area contributed by atoms with Crippen LogP contribution in [-0.2, 0) is 9.47 Å². The van der Waals surface area contributed by atoms with Gasteiger partial charge >= 0.3 is 0 Å². The van der Waals surface area contributed by atoms with Gasteiger partial charge in [-0.25, -0.2) is 0 Å². The van der Waals surface area contributed by atoms with Crippen LogP contribution < -0.4 is 10.2 Å². The van der Waals surface area contributed by atoms with E-state index in [9.17, 15) is 0 Å². The Kier molecular flexibility index (Phi) is 9.78. The van der Waals surface area contributed by atoms with Gasteiger partial charge in [0.15, 0.2) is 6.29 Å². The summed E-state index contributed by atoms with van der Waals surface area (Å²) >= 11 is 0. The topological polar surface area (TPSA) is 33.7 Å². The zero-order chi connectivity index (χ0) is 20.3. The monoisotopic (exact) mass is 402 g/mol. The van der Waals surface area contributed by atoms with Crippen LogP contribution in [0.5, 0.6) is 0 Å². The van der Waals surface area contributed by atoms with Gasteiger partial charge in [0.2, 0.25) is 0 Å². The van der Waals surface area contributed by atoms with Crippen molar-refractivity contribution in [2.45, 2.75) is 77.4 Å². The average Bonchev–Trinajstić information content (AvgIpc) is 2.79. The lowest BCUT2D eigenvalue weighted by Gasteiger charge is -2.37. The highest BCUT2D eigenvalue weighted by Crippen LogP contribution is 2.31. The lowest BCUT2D eigenvalue weighted by atomic mass is 9.89. The van der Waals surface area contributed by atoms with Crippen LogP contribution in [0.1, 0.15) is 76.7 Å². The van der Waals surface area contributed by atoms with Crippen molar-refractivity contribution in [2.24, 2.45) is 5.92 Å². The molecule has 2 aliphatic heterocycles. The number of hydrogen-bond acceptors (Lipinski definition) is 4. The second-order valence-electron chi connectivity index (χ2n) is 8.76. The van der Waals surface area contributed by atoms with Gasteiger partial charge in [0.1, 0.15) is 0 Å². The van der Waals surface area contributed by atoms with E-state index < -0.39 is 0 Å². The molecule has 0 radical (unpaired) electrons. The van der Waals surface area contributed by atoms with Crippen molar-refractivity contribution >= 4 is 5.69 Å². The molecule has 0 spiro atoms. The summed E-state index contributed by atoms with van der Waals surface area (Å²) in [5, 5.41) is 3.48. The van der Waals surface area contributed by atoms with Gasteiger partial charge in [0.05, 0.1) is 0 Å². The van der Waals surface area contributed by atoms with E-state index in [-0.39, 0.29) is 6.29 Å². The van der Waals surface area contributed by atoms with Crippen molar-refractivity contribution in [1.82, 2.24) is 5.32 Å². The number of rotatable bonds is 11. The van der Waals surface area contributed by atoms with E-state index in [0.29, 0.717) is 5.92 Å². The summed E-state index contributed by atoms with van der Waals surface area (Å²) in [7, 11) is 0. The van der Waals surface area contributed by atoms with E-state index in [0.717, 1.165) is 71.0 Å². The summed E-state index contributed by atoms with van der Waals surface area (Å²) < 4.78 is 12.3. The molecule has 1 aromatic rings. The second kappa shape index (κ2) is 12.6. The lowest BCUT2D eigenvalue weighted by Crippen LogP contribution is -2.40. The first-order valence-corrected chi connectivity index (χ1v) is 12.1. The van der Waals surface area contributed by atoms with E-state index in [1.165, 1.54) is 36.9 Å². The molecule has 0 unspecified atom stereocenters. The van der Waals surface area contributed by atoms with Crippen LogP contribution in [0.2, 0.25) is 0 Å². The Morgan fingerprint density at radius 3 is 2.24 bits per heavy atom. The minimum atomic E-state index is -0.0173. The van der Waals surface area contributed by atoms with Crippen molar-refractivity contribution in [3.8, 4) is 0 Å².